The van der Waals surface area contributed by atoms with Crippen molar-refractivity contribution in [1.29, 1.82) is 0 Å². The summed E-state index contributed by atoms with van der Waals surface area (Å²) in [6.07, 6.45) is 5.98. The number of aryl methyl sites for hydroxylation is 1. The van der Waals surface area contributed by atoms with Crippen molar-refractivity contribution in [1.82, 2.24) is 0 Å². The molecule has 1 aliphatic rings. The molecule has 1 saturated carbocycles. The van der Waals surface area contributed by atoms with E-state index >= 15 is 0 Å². The fraction of sp³-hybridized carbons (Fsp3) is 0.381. The predicted molar refractivity (Wildman–Crippen MR) is 97.5 cm³/mol. The Morgan fingerprint density at radius 1 is 1.16 bits per heavy atom. The van der Waals surface area contributed by atoms with Crippen LogP contribution in [-0.4, -0.2) is 19.1 Å². The van der Waals surface area contributed by atoms with Crippen LogP contribution in [-0.2, 0) is 11.2 Å². The quantitative estimate of drug-likeness (QED) is 0.759. The Balaban J connectivity index is 1.57. The molecule has 1 amide bonds. The average molecular weight is 341 g/mol. The van der Waals surface area contributed by atoms with Gasteiger partial charge in [-0.15, -0.1) is 0 Å². The maximum Gasteiger partial charge on any atom is 0.227 e. The van der Waals surface area contributed by atoms with Gasteiger partial charge in [0.2, 0.25) is 5.91 Å². The van der Waals surface area contributed by atoms with Gasteiger partial charge in [-0.3, -0.25) is 4.79 Å². The van der Waals surface area contributed by atoms with Gasteiger partial charge in [0, 0.05) is 13.5 Å². The molecule has 3 rings (SSSR count). The van der Waals surface area contributed by atoms with Gasteiger partial charge in [0.15, 0.2) is 0 Å². The van der Waals surface area contributed by atoms with E-state index in [1.807, 2.05) is 24.3 Å². The van der Waals surface area contributed by atoms with Crippen LogP contribution in [0.1, 0.15) is 37.7 Å². The van der Waals surface area contributed by atoms with Gasteiger partial charge in [-0.1, -0.05) is 24.3 Å². The molecular weight excluding hydrogens is 317 g/mol. The first-order chi connectivity index (χ1) is 12.1. The van der Waals surface area contributed by atoms with E-state index in [9.17, 15) is 9.18 Å². The Hall–Kier alpha value is -2.36. The molecule has 3 nitrogen and oxygen atoms in total. The van der Waals surface area contributed by atoms with Crippen molar-refractivity contribution >= 4 is 11.6 Å². The van der Waals surface area contributed by atoms with Crippen LogP contribution in [0, 0.1) is 5.82 Å². The second-order valence-electron chi connectivity index (χ2n) is 6.58. The Bertz CT molecular complexity index is 725. The lowest BCUT2D eigenvalue weighted by Gasteiger charge is -2.18. The first kappa shape index (κ1) is 17.5. The van der Waals surface area contributed by atoms with E-state index in [1.165, 1.54) is 23.8 Å². The van der Waals surface area contributed by atoms with Crippen LogP contribution in [0.4, 0.5) is 10.1 Å². The molecule has 1 aliphatic carbocycles. The molecule has 0 bridgehead atoms. The fourth-order valence-electron chi connectivity index (χ4n) is 3.25. The largest absolute Gasteiger partial charge is 0.490 e. The number of hydrogen-bond acceptors (Lipinski definition) is 2. The summed E-state index contributed by atoms with van der Waals surface area (Å²) in [7, 11) is 1.61. The third-order valence-corrected chi connectivity index (χ3v) is 4.72. The van der Waals surface area contributed by atoms with Crippen LogP contribution in [0.15, 0.2) is 48.5 Å². The van der Waals surface area contributed by atoms with Crippen molar-refractivity contribution in [2.24, 2.45) is 0 Å². The molecule has 2 aromatic carbocycles. The van der Waals surface area contributed by atoms with Gasteiger partial charge in [-0.05, 0) is 61.9 Å². The van der Waals surface area contributed by atoms with E-state index in [0.717, 1.165) is 24.2 Å². The van der Waals surface area contributed by atoms with Crippen LogP contribution in [0.2, 0.25) is 0 Å². The minimum absolute atomic E-state index is 0.104. The number of amides is 1. The fourth-order valence-corrected chi connectivity index (χ4v) is 3.25. The van der Waals surface area contributed by atoms with Gasteiger partial charge in [0.05, 0.1) is 11.8 Å². The molecule has 25 heavy (non-hydrogen) atoms. The minimum atomic E-state index is -0.384. The highest BCUT2D eigenvalue weighted by atomic mass is 19.1. The molecule has 2 aromatic rings. The number of para-hydroxylation sites is 1. The summed E-state index contributed by atoms with van der Waals surface area (Å²) in [6, 6.07) is 14.3. The van der Waals surface area contributed by atoms with Crippen LogP contribution in [0.25, 0.3) is 0 Å². The summed E-state index contributed by atoms with van der Waals surface area (Å²) in [5, 5.41) is 0. The van der Waals surface area contributed by atoms with Crippen molar-refractivity contribution in [3.05, 3.63) is 59.9 Å². The summed E-state index contributed by atoms with van der Waals surface area (Å²) in [5.74, 6) is 0.386. The molecule has 0 radical (unpaired) electrons. The van der Waals surface area contributed by atoms with Crippen LogP contribution < -0.4 is 9.64 Å². The predicted octanol–water partition coefficient (Wildman–Crippen LogP) is 4.74. The summed E-state index contributed by atoms with van der Waals surface area (Å²) < 4.78 is 19.8. The first-order valence-electron chi connectivity index (χ1n) is 8.90. The van der Waals surface area contributed by atoms with E-state index in [0.29, 0.717) is 24.6 Å². The zero-order valence-corrected chi connectivity index (χ0v) is 14.6. The lowest BCUT2D eigenvalue weighted by Crippen LogP contribution is -2.27. The Labute approximate surface area is 148 Å². The average Bonchev–Trinajstić information content (AvgIpc) is 3.13. The lowest BCUT2D eigenvalue weighted by molar-refractivity contribution is -0.118. The van der Waals surface area contributed by atoms with Gasteiger partial charge in [-0.25, -0.2) is 4.39 Å². The van der Waals surface area contributed by atoms with Crippen molar-refractivity contribution < 1.29 is 13.9 Å². The SMILES string of the molecule is CN(C(=O)CCc1cccc(OC2CCCC2)c1)c1ccccc1F. The third-order valence-electron chi connectivity index (χ3n) is 4.72. The van der Waals surface area contributed by atoms with E-state index in [-0.39, 0.29) is 11.7 Å². The first-order valence-corrected chi connectivity index (χ1v) is 8.90. The van der Waals surface area contributed by atoms with Crippen molar-refractivity contribution in [3.8, 4) is 5.75 Å². The maximum absolute atomic E-state index is 13.8. The van der Waals surface area contributed by atoms with Gasteiger partial charge in [-0.2, -0.15) is 0 Å². The van der Waals surface area contributed by atoms with Gasteiger partial charge >= 0.3 is 0 Å². The molecule has 0 unspecified atom stereocenters. The Morgan fingerprint density at radius 2 is 1.92 bits per heavy atom. The second kappa shape index (κ2) is 8.15. The number of ether oxygens (including phenoxy) is 1. The minimum Gasteiger partial charge on any atom is -0.490 e. The number of anilines is 1. The molecule has 0 atom stereocenters. The number of rotatable bonds is 6. The maximum atomic E-state index is 13.8. The summed E-state index contributed by atoms with van der Waals surface area (Å²) in [4.78, 5) is 13.7. The Kier molecular flexibility index (Phi) is 5.69. The van der Waals surface area contributed by atoms with Crippen molar-refractivity contribution in [3.63, 3.8) is 0 Å². The van der Waals surface area contributed by atoms with Crippen molar-refractivity contribution in [2.45, 2.75) is 44.6 Å². The summed E-state index contributed by atoms with van der Waals surface area (Å²) in [6.45, 7) is 0. The van der Waals surface area contributed by atoms with Crippen LogP contribution in [0.5, 0.6) is 5.75 Å². The van der Waals surface area contributed by atoms with E-state index in [2.05, 4.69) is 0 Å². The molecule has 132 valence electrons. The number of benzene rings is 2. The van der Waals surface area contributed by atoms with Crippen LogP contribution >= 0.6 is 0 Å². The summed E-state index contributed by atoms with van der Waals surface area (Å²) in [5.41, 5.74) is 1.37. The molecule has 0 heterocycles. The number of hydrogen-bond donors (Lipinski definition) is 0. The standard InChI is InChI=1S/C21H24FNO2/c1-23(20-12-5-4-11-19(20)22)21(24)14-13-16-7-6-10-18(15-16)25-17-8-2-3-9-17/h4-7,10-12,15,17H,2-3,8-9,13-14H2,1H3. The monoisotopic (exact) mass is 341 g/mol. The van der Waals surface area contributed by atoms with Crippen molar-refractivity contribution in [2.75, 3.05) is 11.9 Å². The van der Waals surface area contributed by atoms with Gasteiger partial charge in [0.1, 0.15) is 11.6 Å². The molecule has 0 N–H and O–H groups in total. The second-order valence-corrected chi connectivity index (χ2v) is 6.58. The lowest BCUT2D eigenvalue weighted by atomic mass is 10.1. The zero-order valence-electron chi connectivity index (χ0n) is 14.6. The molecular formula is C21H24FNO2. The molecule has 0 aliphatic heterocycles. The number of nitrogens with zero attached hydrogens (tertiary/aromatic N) is 1. The smallest absolute Gasteiger partial charge is 0.227 e. The highest BCUT2D eigenvalue weighted by molar-refractivity contribution is 5.93. The molecule has 0 aromatic heterocycles. The highest BCUT2D eigenvalue weighted by Crippen LogP contribution is 2.25. The molecule has 0 saturated heterocycles. The number of halogens is 1. The van der Waals surface area contributed by atoms with E-state index in [4.69, 9.17) is 4.74 Å². The van der Waals surface area contributed by atoms with Gasteiger partial charge < -0.3 is 9.64 Å². The molecule has 4 heteroatoms. The number of carbonyl (C=O) groups excluding carboxylic acids is 1. The van der Waals surface area contributed by atoms with Crippen LogP contribution in [0.3, 0.4) is 0 Å². The molecule has 0 spiro atoms. The summed E-state index contributed by atoms with van der Waals surface area (Å²) >= 11 is 0. The van der Waals surface area contributed by atoms with E-state index < -0.39 is 0 Å². The topological polar surface area (TPSA) is 29.5 Å². The number of carbonyl (C=O) groups is 1. The zero-order chi connectivity index (χ0) is 17.6. The molecule has 1 fully saturated rings. The Morgan fingerprint density at radius 3 is 2.68 bits per heavy atom. The normalized spacial score (nSPS) is 14.5. The third kappa shape index (κ3) is 4.59. The van der Waals surface area contributed by atoms with Gasteiger partial charge in [0.25, 0.3) is 0 Å². The van der Waals surface area contributed by atoms with E-state index in [1.54, 1.807) is 25.2 Å². The highest BCUT2D eigenvalue weighted by Gasteiger charge is 2.17.